The van der Waals surface area contributed by atoms with Crippen molar-refractivity contribution >= 4 is 16.0 Å². The fourth-order valence-electron chi connectivity index (χ4n) is 1.37. The molecule has 0 heterocycles. The molecule has 0 aliphatic heterocycles. The van der Waals surface area contributed by atoms with Gasteiger partial charge in [-0.25, -0.2) is 8.42 Å². The Balaban J connectivity index is 5.01. The average Bonchev–Trinajstić information content (AvgIpc) is 2.15. The van der Waals surface area contributed by atoms with E-state index in [2.05, 4.69) is 0 Å². The number of sulfonamides is 1. The first-order chi connectivity index (χ1) is 7.27. The highest BCUT2D eigenvalue weighted by atomic mass is 32.2. The quantitative estimate of drug-likeness (QED) is 0.734. The Morgan fingerprint density at radius 3 is 2.31 bits per heavy atom. The molecule has 0 aromatic carbocycles. The van der Waals surface area contributed by atoms with Gasteiger partial charge in [0.2, 0.25) is 10.0 Å². The fourth-order valence-corrected chi connectivity index (χ4v) is 2.84. The first-order valence-corrected chi connectivity index (χ1v) is 6.39. The van der Waals surface area contributed by atoms with Crippen LogP contribution >= 0.6 is 0 Å². The molecule has 0 rings (SSSR count). The number of carbonyl (C=O) groups is 1. The summed E-state index contributed by atoms with van der Waals surface area (Å²) in [6.07, 6.45) is -0.273. The molecule has 0 saturated carbocycles. The van der Waals surface area contributed by atoms with Crippen LogP contribution in [-0.4, -0.2) is 41.6 Å². The molecule has 7 heteroatoms. The third-order valence-electron chi connectivity index (χ3n) is 2.23. The van der Waals surface area contributed by atoms with Gasteiger partial charge in [-0.1, -0.05) is 6.92 Å². The predicted molar refractivity (Wildman–Crippen MR) is 58.1 cm³/mol. The van der Waals surface area contributed by atoms with Crippen molar-refractivity contribution in [2.45, 2.75) is 38.5 Å². The Morgan fingerprint density at radius 2 is 2.00 bits per heavy atom. The highest BCUT2D eigenvalue weighted by Crippen LogP contribution is 2.14. The van der Waals surface area contributed by atoms with Crippen molar-refractivity contribution in [3.05, 3.63) is 0 Å². The number of nitrogens with zero attached hydrogens (tertiary/aromatic N) is 2. The highest BCUT2D eigenvalue weighted by Gasteiger charge is 2.32. The Morgan fingerprint density at radius 1 is 1.50 bits per heavy atom. The summed E-state index contributed by atoms with van der Waals surface area (Å²) in [7, 11) is -3.74. The Kier molecular flexibility index (Phi) is 5.41. The SMILES string of the molecule is CCN(C(C)CC(=O)O)S(=O)(=O)C(C)C#N. The molecular formula is C9H16N2O4S. The molecular weight excluding hydrogens is 232 g/mol. The first kappa shape index (κ1) is 14.9. The van der Waals surface area contributed by atoms with Crippen LogP contribution in [0.15, 0.2) is 0 Å². The van der Waals surface area contributed by atoms with E-state index in [0.717, 1.165) is 4.31 Å². The van der Waals surface area contributed by atoms with E-state index < -0.39 is 27.3 Å². The molecule has 6 nitrogen and oxygen atoms in total. The number of hydrogen-bond acceptors (Lipinski definition) is 4. The van der Waals surface area contributed by atoms with Gasteiger partial charge in [0, 0.05) is 12.6 Å². The van der Waals surface area contributed by atoms with E-state index in [9.17, 15) is 13.2 Å². The van der Waals surface area contributed by atoms with Crippen LogP contribution in [0.1, 0.15) is 27.2 Å². The van der Waals surface area contributed by atoms with Gasteiger partial charge in [-0.2, -0.15) is 9.57 Å². The molecule has 0 spiro atoms. The lowest BCUT2D eigenvalue weighted by Crippen LogP contribution is -2.43. The summed E-state index contributed by atoms with van der Waals surface area (Å²) in [5.41, 5.74) is 0. The Hall–Kier alpha value is -1.13. The van der Waals surface area contributed by atoms with Gasteiger partial charge in [0.1, 0.15) is 0 Å². The van der Waals surface area contributed by atoms with Gasteiger partial charge in [0.15, 0.2) is 5.25 Å². The van der Waals surface area contributed by atoms with Crippen LogP contribution < -0.4 is 0 Å². The molecule has 2 atom stereocenters. The van der Waals surface area contributed by atoms with Crippen molar-refractivity contribution in [3.63, 3.8) is 0 Å². The molecule has 0 saturated heterocycles. The maximum absolute atomic E-state index is 11.8. The Bertz CT molecular complexity index is 385. The monoisotopic (exact) mass is 248 g/mol. The zero-order valence-corrected chi connectivity index (χ0v) is 10.4. The molecule has 0 fully saturated rings. The van der Waals surface area contributed by atoms with Gasteiger partial charge in [0.25, 0.3) is 0 Å². The molecule has 1 N–H and O–H groups in total. The van der Waals surface area contributed by atoms with Gasteiger partial charge in [-0.05, 0) is 13.8 Å². The normalized spacial score (nSPS) is 15.4. The van der Waals surface area contributed by atoms with Gasteiger partial charge in [-0.15, -0.1) is 0 Å². The summed E-state index contributed by atoms with van der Waals surface area (Å²) in [6, 6.07) is 1.00. The summed E-state index contributed by atoms with van der Waals surface area (Å²) in [4.78, 5) is 10.5. The number of hydrogen-bond donors (Lipinski definition) is 1. The van der Waals surface area contributed by atoms with Crippen LogP contribution in [0.2, 0.25) is 0 Å². The van der Waals surface area contributed by atoms with E-state index in [1.807, 2.05) is 0 Å². The third kappa shape index (κ3) is 3.47. The molecule has 0 aliphatic carbocycles. The molecule has 0 bridgehead atoms. The van der Waals surface area contributed by atoms with Gasteiger partial charge in [-0.3, -0.25) is 4.79 Å². The molecule has 0 aromatic heterocycles. The van der Waals surface area contributed by atoms with E-state index in [0.29, 0.717) is 0 Å². The maximum atomic E-state index is 11.8. The lowest BCUT2D eigenvalue weighted by molar-refractivity contribution is -0.137. The molecule has 92 valence electrons. The molecule has 0 radical (unpaired) electrons. The van der Waals surface area contributed by atoms with Crippen LogP contribution in [0.4, 0.5) is 0 Å². The lowest BCUT2D eigenvalue weighted by atomic mass is 10.2. The van der Waals surface area contributed by atoms with Gasteiger partial charge in [0.05, 0.1) is 12.5 Å². The summed E-state index contributed by atoms with van der Waals surface area (Å²) < 4.78 is 24.7. The van der Waals surface area contributed by atoms with Crippen molar-refractivity contribution in [1.82, 2.24) is 4.31 Å². The standard InChI is InChI=1S/C9H16N2O4S/c1-4-11(7(2)5-9(12)13)16(14,15)8(3)6-10/h7-8H,4-5H2,1-3H3,(H,12,13). The van der Waals surface area contributed by atoms with E-state index in [-0.39, 0.29) is 13.0 Å². The minimum atomic E-state index is -3.74. The second-order valence-electron chi connectivity index (χ2n) is 3.47. The van der Waals surface area contributed by atoms with E-state index in [1.54, 1.807) is 13.0 Å². The van der Waals surface area contributed by atoms with Crippen LogP contribution in [0.25, 0.3) is 0 Å². The number of aliphatic carboxylic acids is 1. The average molecular weight is 248 g/mol. The molecule has 16 heavy (non-hydrogen) atoms. The van der Waals surface area contributed by atoms with Crippen LogP contribution in [0.3, 0.4) is 0 Å². The highest BCUT2D eigenvalue weighted by molar-refractivity contribution is 7.90. The molecule has 0 amide bonds. The zero-order valence-electron chi connectivity index (χ0n) is 9.54. The van der Waals surface area contributed by atoms with Crippen molar-refractivity contribution in [3.8, 4) is 6.07 Å². The lowest BCUT2D eigenvalue weighted by Gasteiger charge is -2.26. The number of nitriles is 1. The predicted octanol–water partition coefficient (Wildman–Crippen LogP) is 0.413. The van der Waals surface area contributed by atoms with Crippen molar-refractivity contribution < 1.29 is 18.3 Å². The minimum absolute atomic E-state index is 0.156. The topological polar surface area (TPSA) is 98.5 Å². The molecule has 0 aromatic rings. The van der Waals surface area contributed by atoms with Crippen molar-refractivity contribution in [2.24, 2.45) is 0 Å². The number of rotatable bonds is 6. The van der Waals surface area contributed by atoms with Crippen molar-refractivity contribution in [2.75, 3.05) is 6.54 Å². The first-order valence-electron chi connectivity index (χ1n) is 4.89. The molecule has 0 aliphatic rings. The largest absolute Gasteiger partial charge is 0.481 e. The minimum Gasteiger partial charge on any atom is -0.481 e. The molecule has 2 unspecified atom stereocenters. The van der Waals surface area contributed by atoms with E-state index >= 15 is 0 Å². The number of carboxylic acid groups (broad SMARTS) is 1. The Labute approximate surface area is 95.5 Å². The van der Waals surface area contributed by atoms with Crippen LogP contribution in [0, 0.1) is 11.3 Å². The second-order valence-corrected chi connectivity index (χ2v) is 5.67. The van der Waals surface area contributed by atoms with E-state index in [4.69, 9.17) is 10.4 Å². The zero-order chi connectivity index (χ0) is 12.9. The smallest absolute Gasteiger partial charge is 0.304 e. The fraction of sp³-hybridized carbons (Fsp3) is 0.778. The van der Waals surface area contributed by atoms with Crippen LogP contribution in [-0.2, 0) is 14.8 Å². The van der Waals surface area contributed by atoms with Crippen LogP contribution in [0.5, 0.6) is 0 Å². The van der Waals surface area contributed by atoms with Gasteiger partial charge < -0.3 is 5.11 Å². The summed E-state index contributed by atoms with van der Waals surface area (Å²) in [6.45, 7) is 4.56. The summed E-state index contributed by atoms with van der Waals surface area (Å²) >= 11 is 0. The maximum Gasteiger partial charge on any atom is 0.304 e. The summed E-state index contributed by atoms with van der Waals surface area (Å²) in [5.74, 6) is -1.06. The third-order valence-corrected chi connectivity index (χ3v) is 4.50. The van der Waals surface area contributed by atoms with E-state index in [1.165, 1.54) is 13.8 Å². The summed E-state index contributed by atoms with van der Waals surface area (Å²) in [5, 5.41) is 16.0. The van der Waals surface area contributed by atoms with Crippen molar-refractivity contribution in [1.29, 1.82) is 5.26 Å². The second kappa shape index (κ2) is 5.82. The number of carboxylic acids is 1. The van der Waals surface area contributed by atoms with Gasteiger partial charge >= 0.3 is 5.97 Å².